The number of aromatic nitrogens is 1. The number of nitrogens with zero attached hydrogens (tertiary/aromatic N) is 2. The van der Waals surface area contributed by atoms with Crippen LogP contribution >= 0.6 is 11.3 Å². The van der Waals surface area contributed by atoms with Crippen LogP contribution in [0.4, 0.5) is 0 Å². The smallest absolute Gasteiger partial charge is 0.223 e. The number of thiazole rings is 1. The van der Waals surface area contributed by atoms with E-state index in [1.54, 1.807) is 11.3 Å². The first-order valence-corrected chi connectivity index (χ1v) is 9.22. The highest BCUT2D eigenvalue weighted by molar-refractivity contribution is 7.18. The molecule has 0 spiro atoms. The maximum absolute atomic E-state index is 12.6. The third-order valence-corrected chi connectivity index (χ3v) is 6.03. The van der Waals surface area contributed by atoms with Gasteiger partial charge in [-0.1, -0.05) is 31.4 Å². The van der Waals surface area contributed by atoms with Crippen LogP contribution in [0, 0.1) is 5.41 Å². The normalized spacial score (nSPS) is 17.3. The van der Waals surface area contributed by atoms with Gasteiger partial charge in [-0.2, -0.15) is 0 Å². The first-order valence-electron chi connectivity index (χ1n) is 8.40. The quantitative estimate of drug-likeness (QED) is 0.911. The van der Waals surface area contributed by atoms with Crippen LogP contribution in [0.5, 0.6) is 0 Å². The Morgan fingerprint density at radius 2 is 2.04 bits per heavy atom. The molecule has 2 aromatic rings. The highest BCUT2D eigenvalue weighted by Gasteiger charge is 2.33. The Balaban J connectivity index is 1.64. The SMILES string of the molecule is CN(Cc1nc2ccccc2s1)C(=O)CC1(CN)CCCCC1. The van der Waals surface area contributed by atoms with Gasteiger partial charge in [0.05, 0.1) is 16.8 Å². The first kappa shape index (κ1) is 16.4. The van der Waals surface area contributed by atoms with Crippen LogP contribution in [0.2, 0.25) is 0 Å². The number of fused-ring (bicyclic) bond motifs is 1. The molecule has 1 heterocycles. The van der Waals surface area contributed by atoms with Gasteiger partial charge >= 0.3 is 0 Å². The summed E-state index contributed by atoms with van der Waals surface area (Å²) in [5.41, 5.74) is 7.05. The second-order valence-corrected chi connectivity index (χ2v) is 7.88. The summed E-state index contributed by atoms with van der Waals surface area (Å²) in [4.78, 5) is 19.1. The molecule has 1 fully saturated rings. The van der Waals surface area contributed by atoms with E-state index in [9.17, 15) is 4.79 Å². The monoisotopic (exact) mass is 331 g/mol. The number of rotatable bonds is 5. The lowest BCUT2D eigenvalue weighted by atomic mass is 9.71. The average Bonchev–Trinajstić information content (AvgIpc) is 2.97. The molecule has 0 bridgehead atoms. The summed E-state index contributed by atoms with van der Waals surface area (Å²) < 4.78 is 1.18. The number of para-hydroxylation sites is 1. The Labute approximate surface area is 141 Å². The van der Waals surface area contributed by atoms with E-state index in [2.05, 4.69) is 11.1 Å². The Morgan fingerprint density at radius 3 is 2.74 bits per heavy atom. The summed E-state index contributed by atoms with van der Waals surface area (Å²) in [5.74, 6) is 0.191. The third kappa shape index (κ3) is 3.72. The van der Waals surface area contributed by atoms with Crippen molar-refractivity contribution in [1.82, 2.24) is 9.88 Å². The molecule has 1 aliphatic carbocycles. The summed E-state index contributed by atoms with van der Waals surface area (Å²) in [6.45, 7) is 1.20. The maximum atomic E-state index is 12.6. The lowest BCUT2D eigenvalue weighted by Gasteiger charge is -2.36. The van der Waals surface area contributed by atoms with Crippen LogP contribution in [0.3, 0.4) is 0 Å². The number of carbonyl (C=O) groups is 1. The van der Waals surface area contributed by atoms with Crippen molar-refractivity contribution in [3.8, 4) is 0 Å². The van der Waals surface area contributed by atoms with Crippen molar-refractivity contribution < 1.29 is 4.79 Å². The molecular formula is C18H25N3OS. The van der Waals surface area contributed by atoms with Gasteiger partial charge in [-0.05, 0) is 36.9 Å². The van der Waals surface area contributed by atoms with E-state index in [0.29, 0.717) is 19.5 Å². The van der Waals surface area contributed by atoms with Crippen LogP contribution < -0.4 is 5.73 Å². The van der Waals surface area contributed by atoms with E-state index in [0.717, 1.165) is 23.4 Å². The molecule has 0 atom stereocenters. The number of benzene rings is 1. The van der Waals surface area contributed by atoms with Gasteiger partial charge < -0.3 is 10.6 Å². The van der Waals surface area contributed by atoms with E-state index >= 15 is 0 Å². The lowest BCUT2D eigenvalue weighted by molar-refractivity contribution is -0.133. The molecule has 23 heavy (non-hydrogen) atoms. The fraction of sp³-hybridized carbons (Fsp3) is 0.556. The van der Waals surface area contributed by atoms with Gasteiger partial charge in [0, 0.05) is 13.5 Å². The second-order valence-electron chi connectivity index (χ2n) is 6.77. The summed E-state index contributed by atoms with van der Waals surface area (Å²) in [6.07, 6.45) is 6.43. The Kier molecular flexibility index (Phi) is 4.97. The largest absolute Gasteiger partial charge is 0.339 e. The zero-order chi connectivity index (χ0) is 16.3. The number of hydrogen-bond donors (Lipinski definition) is 1. The van der Waals surface area contributed by atoms with Crippen molar-refractivity contribution in [2.24, 2.45) is 11.1 Å². The fourth-order valence-corrected chi connectivity index (χ4v) is 4.51. The van der Waals surface area contributed by atoms with Crippen molar-refractivity contribution in [2.45, 2.75) is 45.1 Å². The Morgan fingerprint density at radius 1 is 1.30 bits per heavy atom. The zero-order valence-electron chi connectivity index (χ0n) is 13.8. The summed E-state index contributed by atoms with van der Waals surface area (Å²) in [5, 5.41) is 0.993. The van der Waals surface area contributed by atoms with Gasteiger partial charge in [0.15, 0.2) is 0 Å². The number of nitrogens with two attached hydrogens (primary N) is 1. The predicted molar refractivity (Wildman–Crippen MR) is 95.3 cm³/mol. The molecule has 124 valence electrons. The molecule has 1 aromatic carbocycles. The summed E-state index contributed by atoms with van der Waals surface area (Å²) >= 11 is 1.66. The molecule has 5 heteroatoms. The van der Waals surface area contributed by atoms with Crippen LogP contribution in [0.15, 0.2) is 24.3 Å². The Bertz CT molecular complexity index is 643. The standard InChI is InChI=1S/C18H25N3OS/c1-21(12-16-20-14-7-3-4-8-15(14)23-16)17(22)11-18(13-19)9-5-2-6-10-18/h3-4,7-8H,2,5-6,9-13,19H2,1H3. The molecule has 0 radical (unpaired) electrons. The zero-order valence-corrected chi connectivity index (χ0v) is 14.6. The lowest BCUT2D eigenvalue weighted by Crippen LogP contribution is -2.39. The van der Waals surface area contributed by atoms with Gasteiger partial charge in [0.1, 0.15) is 5.01 Å². The van der Waals surface area contributed by atoms with Gasteiger partial charge in [-0.25, -0.2) is 4.98 Å². The number of amides is 1. The van der Waals surface area contributed by atoms with Crippen molar-refractivity contribution in [3.63, 3.8) is 0 Å². The van der Waals surface area contributed by atoms with Crippen LogP contribution in [-0.4, -0.2) is 29.4 Å². The van der Waals surface area contributed by atoms with Gasteiger partial charge in [0.2, 0.25) is 5.91 Å². The highest BCUT2D eigenvalue weighted by Crippen LogP contribution is 2.38. The topological polar surface area (TPSA) is 59.2 Å². The summed E-state index contributed by atoms with van der Waals surface area (Å²) in [7, 11) is 1.88. The van der Waals surface area contributed by atoms with Crippen molar-refractivity contribution in [3.05, 3.63) is 29.3 Å². The van der Waals surface area contributed by atoms with Crippen molar-refractivity contribution in [1.29, 1.82) is 0 Å². The van der Waals surface area contributed by atoms with Gasteiger partial charge in [-0.3, -0.25) is 4.79 Å². The third-order valence-electron chi connectivity index (χ3n) is 5.01. The predicted octanol–water partition coefficient (Wildman–Crippen LogP) is 3.55. The molecule has 1 amide bonds. The minimum Gasteiger partial charge on any atom is -0.339 e. The molecule has 1 aliphatic rings. The fourth-order valence-electron chi connectivity index (χ4n) is 3.49. The van der Waals surface area contributed by atoms with E-state index in [1.807, 2.05) is 30.1 Å². The minimum absolute atomic E-state index is 0.0250. The number of hydrogen-bond acceptors (Lipinski definition) is 4. The molecule has 2 N–H and O–H groups in total. The molecular weight excluding hydrogens is 306 g/mol. The van der Waals surface area contributed by atoms with Crippen molar-refractivity contribution in [2.75, 3.05) is 13.6 Å². The highest BCUT2D eigenvalue weighted by atomic mass is 32.1. The van der Waals surface area contributed by atoms with Gasteiger partial charge in [-0.15, -0.1) is 11.3 Å². The van der Waals surface area contributed by atoms with Crippen LogP contribution in [0.1, 0.15) is 43.5 Å². The molecule has 0 aliphatic heterocycles. The Hall–Kier alpha value is -1.46. The van der Waals surface area contributed by atoms with Crippen molar-refractivity contribution >= 4 is 27.5 Å². The average molecular weight is 331 g/mol. The molecule has 1 aromatic heterocycles. The second kappa shape index (κ2) is 6.97. The van der Waals surface area contributed by atoms with E-state index in [-0.39, 0.29) is 11.3 Å². The molecule has 3 rings (SSSR count). The molecule has 0 unspecified atom stereocenters. The molecule has 4 nitrogen and oxygen atoms in total. The maximum Gasteiger partial charge on any atom is 0.223 e. The molecule has 1 saturated carbocycles. The van der Waals surface area contributed by atoms with Crippen LogP contribution in [-0.2, 0) is 11.3 Å². The van der Waals surface area contributed by atoms with E-state index < -0.39 is 0 Å². The van der Waals surface area contributed by atoms with E-state index in [1.165, 1.54) is 24.0 Å². The minimum atomic E-state index is 0.0250. The number of carbonyl (C=O) groups excluding carboxylic acids is 1. The van der Waals surface area contributed by atoms with Crippen LogP contribution in [0.25, 0.3) is 10.2 Å². The van der Waals surface area contributed by atoms with E-state index in [4.69, 9.17) is 5.73 Å². The first-order chi connectivity index (χ1) is 11.1. The van der Waals surface area contributed by atoms with Gasteiger partial charge in [0.25, 0.3) is 0 Å². The summed E-state index contributed by atoms with van der Waals surface area (Å²) in [6, 6.07) is 8.11. The molecule has 0 saturated heterocycles.